The first kappa shape index (κ1) is 22.5. The molecule has 5 nitrogen and oxygen atoms in total. The average Bonchev–Trinajstić information content (AvgIpc) is 3.31. The quantitative estimate of drug-likeness (QED) is 0.410. The molecule has 2 N–H and O–H groups in total. The summed E-state index contributed by atoms with van der Waals surface area (Å²) in [7, 11) is -3.72. The van der Waals surface area contributed by atoms with Crippen molar-refractivity contribution in [1.29, 1.82) is 0 Å². The fraction of sp³-hybridized carbons (Fsp3) is 0.286. The van der Waals surface area contributed by atoms with E-state index in [4.69, 9.17) is 4.74 Å². The zero-order chi connectivity index (χ0) is 23.9. The molecule has 1 aliphatic carbocycles. The van der Waals surface area contributed by atoms with Gasteiger partial charge in [-0.05, 0) is 92.3 Å². The van der Waals surface area contributed by atoms with Gasteiger partial charge in [0.25, 0.3) is 10.0 Å². The van der Waals surface area contributed by atoms with E-state index in [9.17, 15) is 8.42 Å². The van der Waals surface area contributed by atoms with Crippen LogP contribution in [0, 0.1) is 19.8 Å². The molecule has 0 bridgehead atoms. The summed E-state index contributed by atoms with van der Waals surface area (Å²) in [5, 5.41) is 3.73. The van der Waals surface area contributed by atoms with Gasteiger partial charge < -0.3 is 10.1 Å². The summed E-state index contributed by atoms with van der Waals surface area (Å²) in [6.07, 6.45) is 5.43. The van der Waals surface area contributed by atoms with Gasteiger partial charge in [-0.1, -0.05) is 35.9 Å². The number of fused-ring (bicyclic) bond motifs is 3. The van der Waals surface area contributed by atoms with Gasteiger partial charge in [0.1, 0.15) is 5.75 Å². The number of aryl methyl sites for hydroxylation is 2. The lowest BCUT2D eigenvalue weighted by Crippen LogP contribution is -2.30. The van der Waals surface area contributed by atoms with Crippen LogP contribution in [0.15, 0.2) is 77.7 Å². The molecule has 0 spiro atoms. The average molecular weight is 475 g/mol. The summed E-state index contributed by atoms with van der Waals surface area (Å²) in [4.78, 5) is 0.270. The first-order valence-electron chi connectivity index (χ1n) is 11.8. The molecule has 0 aromatic heterocycles. The molecule has 0 saturated heterocycles. The zero-order valence-electron chi connectivity index (χ0n) is 19.7. The molecule has 5 rings (SSSR count). The molecular weight excluding hydrogens is 444 g/mol. The van der Waals surface area contributed by atoms with Crippen LogP contribution in [0.2, 0.25) is 0 Å². The van der Waals surface area contributed by atoms with E-state index in [2.05, 4.69) is 54.2 Å². The lowest BCUT2D eigenvalue weighted by Gasteiger charge is -2.38. The molecule has 1 heterocycles. The van der Waals surface area contributed by atoms with Gasteiger partial charge in [-0.2, -0.15) is 0 Å². The molecule has 176 valence electrons. The third kappa shape index (κ3) is 4.18. The van der Waals surface area contributed by atoms with E-state index in [1.807, 2.05) is 19.1 Å². The largest absolute Gasteiger partial charge is 0.494 e. The molecular formula is C28H30N2O3S. The number of allylic oxidation sites excluding steroid dienone is 2. The van der Waals surface area contributed by atoms with Crippen LogP contribution in [0.4, 0.5) is 11.4 Å². The molecule has 6 heteroatoms. The van der Waals surface area contributed by atoms with Crippen LogP contribution >= 0.6 is 0 Å². The maximum absolute atomic E-state index is 13.2. The minimum atomic E-state index is -3.72. The van der Waals surface area contributed by atoms with E-state index in [-0.39, 0.29) is 16.9 Å². The molecule has 0 amide bonds. The summed E-state index contributed by atoms with van der Waals surface area (Å²) in [6.45, 7) is 6.76. The maximum Gasteiger partial charge on any atom is 0.261 e. The van der Waals surface area contributed by atoms with Crippen LogP contribution in [-0.4, -0.2) is 15.0 Å². The molecule has 3 aromatic carbocycles. The Kier molecular flexibility index (Phi) is 5.86. The van der Waals surface area contributed by atoms with Crippen molar-refractivity contribution in [3.8, 4) is 5.75 Å². The monoisotopic (exact) mass is 474 g/mol. The Labute approximate surface area is 201 Å². The molecule has 0 radical (unpaired) electrons. The van der Waals surface area contributed by atoms with Gasteiger partial charge >= 0.3 is 0 Å². The first-order valence-corrected chi connectivity index (χ1v) is 13.2. The molecule has 0 fully saturated rings. The van der Waals surface area contributed by atoms with Crippen molar-refractivity contribution in [2.45, 2.75) is 44.0 Å². The van der Waals surface area contributed by atoms with Crippen molar-refractivity contribution >= 4 is 21.4 Å². The fourth-order valence-corrected chi connectivity index (χ4v) is 6.24. The van der Waals surface area contributed by atoms with Crippen LogP contribution < -0.4 is 14.8 Å². The summed E-state index contributed by atoms with van der Waals surface area (Å²) >= 11 is 0. The third-order valence-corrected chi connectivity index (χ3v) is 8.21. The van der Waals surface area contributed by atoms with Crippen LogP contribution in [0.1, 0.15) is 47.6 Å². The predicted molar refractivity (Wildman–Crippen MR) is 137 cm³/mol. The Morgan fingerprint density at radius 2 is 1.79 bits per heavy atom. The highest BCUT2D eigenvalue weighted by Crippen LogP contribution is 2.50. The van der Waals surface area contributed by atoms with Crippen molar-refractivity contribution in [1.82, 2.24) is 0 Å². The van der Waals surface area contributed by atoms with Crippen molar-refractivity contribution in [3.05, 3.63) is 95.1 Å². The second kappa shape index (κ2) is 8.84. The van der Waals surface area contributed by atoms with Gasteiger partial charge in [0, 0.05) is 17.3 Å². The Balaban J connectivity index is 1.45. The van der Waals surface area contributed by atoms with Gasteiger partial charge in [0.05, 0.1) is 17.5 Å². The number of hydrogen-bond acceptors (Lipinski definition) is 4. The van der Waals surface area contributed by atoms with E-state index >= 15 is 0 Å². The van der Waals surface area contributed by atoms with Gasteiger partial charge in [0.2, 0.25) is 0 Å². The zero-order valence-corrected chi connectivity index (χ0v) is 20.5. The molecule has 0 saturated carbocycles. The third-order valence-electron chi connectivity index (χ3n) is 6.83. The number of nitrogens with one attached hydrogen (secondary N) is 2. The van der Waals surface area contributed by atoms with Gasteiger partial charge in [0.15, 0.2) is 0 Å². The van der Waals surface area contributed by atoms with Gasteiger partial charge in [-0.3, -0.25) is 4.72 Å². The van der Waals surface area contributed by atoms with E-state index in [0.29, 0.717) is 24.0 Å². The molecule has 3 atom stereocenters. The van der Waals surface area contributed by atoms with E-state index in [1.54, 1.807) is 30.3 Å². The Morgan fingerprint density at radius 1 is 1.00 bits per heavy atom. The maximum atomic E-state index is 13.2. The van der Waals surface area contributed by atoms with Gasteiger partial charge in [-0.15, -0.1) is 0 Å². The second-order valence-corrected chi connectivity index (χ2v) is 10.8. The Bertz CT molecular complexity index is 1350. The summed E-state index contributed by atoms with van der Waals surface area (Å²) in [6, 6.07) is 19.2. The van der Waals surface area contributed by atoms with E-state index in [0.717, 1.165) is 17.7 Å². The topological polar surface area (TPSA) is 67.4 Å². The minimum Gasteiger partial charge on any atom is -0.494 e. The molecule has 3 aromatic rings. The molecule has 34 heavy (non-hydrogen) atoms. The van der Waals surface area contributed by atoms with E-state index in [1.165, 1.54) is 16.7 Å². The summed E-state index contributed by atoms with van der Waals surface area (Å²) < 4.78 is 34.5. The standard InChI is InChI=1S/C28H30N2O3S/c1-4-33-21-12-10-20(11-13-21)30-34(31,32)22-14-15-27-26(17-22)23-6-5-7-24(23)28(29-27)25-16-18(2)8-9-19(25)3/h5-6,8-17,23-24,28-30H,4,7H2,1-3H3/t23-,24+,28-/m0/s1. The second-order valence-electron chi connectivity index (χ2n) is 9.15. The number of hydrogen-bond donors (Lipinski definition) is 2. The highest BCUT2D eigenvalue weighted by Gasteiger charge is 2.39. The number of ether oxygens (including phenoxy) is 1. The molecule has 2 aliphatic rings. The van der Waals surface area contributed by atoms with Crippen LogP contribution in [0.5, 0.6) is 5.75 Å². The highest BCUT2D eigenvalue weighted by atomic mass is 32.2. The van der Waals surface area contributed by atoms with Crippen LogP contribution in [-0.2, 0) is 10.0 Å². The lowest BCUT2D eigenvalue weighted by atomic mass is 9.76. The van der Waals surface area contributed by atoms with Crippen molar-refractivity contribution < 1.29 is 13.2 Å². The summed E-state index contributed by atoms with van der Waals surface area (Å²) in [5.74, 6) is 1.24. The van der Waals surface area contributed by atoms with Crippen molar-refractivity contribution in [2.24, 2.45) is 5.92 Å². The lowest BCUT2D eigenvalue weighted by molar-refractivity contribution is 0.340. The van der Waals surface area contributed by atoms with Crippen molar-refractivity contribution in [3.63, 3.8) is 0 Å². The van der Waals surface area contributed by atoms with Gasteiger partial charge in [-0.25, -0.2) is 8.42 Å². The normalized spacial score (nSPS) is 20.9. The number of rotatable bonds is 6. The fourth-order valence-electron chi connectivity index (χ4n) is 5.14. The molecule has 0 unspecified atom stereocenters. The number of sulfonamides is 1. The molecule has 1 aliphatic heterocycles. The van der Waals surface area contributed by atoms with Crippen LogP contribution in [0.25, 0.3) is 0 Å². The number of anilines is 2. The number of benzene rings is 3. The van der Waals surface area contributed by atoms with Crippen molar-refractivity contribution in [2.75, 3.05) is 16.6 Å². The smallest absolute Gasteiger partial charge is 0.261 e. The SMILES string of the molecule is CCOc1ccc(NS(=O)(=O)c2ccc3c(c2)[C@H]2C=CC[C@H]2[C@@H](c2cc(C)ccc2C)N3)cc1. The first-order chi connectivity index (χ1) is 16.4. The Morgan fingerprint density at radius 3 is 2.56 bits per heavy atom. The van der Waals surface area contributed by atoms with E-state index < -0.39 is 10.0 Å². The minimum absolute atomic E-state index is 0.182. The Hall–Kier alpha value is -3.25. The highest BCUT2D eigenvalue weighted by molar-refractivity contribution is 7.92. The summed E-state index contributed by atoms with van der Waals surface area (Å²) in [5.41, 5.74) is 6.38. The predicted octanol–water partition coefficient (Wildman–Crippen LogP) is 6.33. The van der Waals surface area contributed by atoms with Crippen LogP contribution in [0.3, 0.4) is 0 Å².